The van der Waals surface area contributed by atoms with Crippen LogP contribution in [0, 0.1) is 11.8 Å². The summed E-state index contributed by atoms with van der Waals surface area (Å²) in [6.07, 6.45) is -11.1. The quantitative estimate of drug-likeness (QED) is 0.157. The van der Waals surface area contributed by atoms with E-state index in [9.17, 15) is 79.4 Å². The number of esters is 1. The molecule has 0 aromatic rings. The first-order valence-electron chi connectivity index (χ1n) is 10.4. The van der Waals surface area contributed by atoms with Crippen molar-refractivity contribution in [2.75, 3.05) is 13.2 Å². The Labute approximate surface area is 211 Å². The second kappa shape index (κ2) is 10.0. The molecule has 0 spiro atoms. The fraction of sp³-hybridized carbons (Fsp3) is 0.842. The second-order valence-electron chi connectivity index (χ2n) is 8.75. The molecule has 0 radical (unpaired) electrons. The smallest absolute Gasteiger partial charge is 0.460 e. The third-order valence-electron chi connectivity index (χ3n) is 5.95. The molecule has 40 heavy (non-hydrogen) atoms. The Hall–Kier alpha value is -2.06. The van der Waals surface area contributed by atoms with Gasteiger partial charge in [0.1, 0.15) is 12.7 Å². The number of carbonyl (C=O) groups excluding carboxylic acids is 1. The monoisotopic (exact) mass is 630 g/mol. The van der Waals surface area contributed by atoms with E-state index in [4.69, 9.17) is 9.47 Å². The second-order valence-corrected chi connectivity index (χ2v) is 8.75. The Balaban J connectivity index is 2.37. The summed E-state index contributed by atoms with van der Waals surface area (Å²) in [7, 11) is 0. The molecule has 0 N–H and O–H groups in total. The maximum atomic E-state index is 14.3. The van der Waals surface area contributed by atoms with Gasteiger partial charge in [0.15, 0.2) is 6.29 Å². The Bertz CT molecular complexity index is 974. The molecule has 0 amide bonds. The number of rotatable bonds is 10. The van der Waals surface area contributed by atoms with Crippen LogP contribution in [0.4, 0.5) is 74.6 Å². The minimum Gasteiger partial charge on any atom is -0.463 e. The summed E-state index contributed by atoms with van der Waals surface area (Å²) >= 11 is 0. The molecule has 21 heteroatoms. The highest BCUT2D eigenvalue weighted by Crippen LogP contribution is 2.64. The zero-order chi connectivity index (χ0) is 31.5. The third kappa shape index (κ3) is 5.08. The molecule has 234 valence electrons. The first-order chi connectivity index (χ1) is 17.6. The summed E-state index contributed by atoms with van der Waals surface area (Å²) in [6, 6.07) is 0. The van der Waals surface area contributed by atoms with Crippen molar-refractivity contribution in [3.05, 3.63) is 12.2 Å². The SMILES string of the molecule is CC(=O)OC[C@@H]1C=C[C@H]2[C@@H](CC(F)(F)C(F)(F)C(F)(F)C(F)(F)C(F)(F)C(F)(F)C(F)(F)C(F)(F)F)CO[C@H]2O1. The van der Waals surface area contributed by atoms with Crippen LogP contribution < -0.4 is 0 Å². The lowest BCUT2D eigenvalue weighted by Crippen LogP contribution is -2.74. The van der Waals surface area contributed by atoms with Crippen molar-refractivity contribution in [2.45, 2.75) is 73.4 Å². The summed E-state index contributed by atoms with van der Waals surface area (Å²) in [5.74, 6) is -61.0. The Morgan fingerprint density at radius 3 is 1.62 bits per heavy atom. The third-order valence-corrected chi connectivity index (χ3v) is 5.95. The topological polar surface area (TPSA) is 44.8 Å². The summed E-state index contributed by atoms with van der Waals surface area (Å²) in [5, 5.41) is 0. The number of halogens is 17. The predicted molar refractivity (Wildman–Crippen MR) is 92.7 cm³/mol. The van der Waals surface area contributed by atoms with E-state index in [1.54, 1.807) is 0 Å². The molecule has 0 aromatic carbocycles. The first kappa shape index (κ1) is 34.1. The van der Waals surface area contributed by atoms with Gasteiger partial charge in [-0.2, -0.15) is 74.6 Å². The van der Waals surface area contributed by atoms with Crippen molar-refractivity contribution in [1.29, 1.82) is 0 Å². The van der Waals surface area contributed by atoms with E-state index in [-0.39, 0.29) is 0 Å². The molecule has 2 aliphatic heterocycles. The molecule has 4 atom stereocenters. The van der Waals surface area contributed by atoms with Gasteiger partial charge >= 0.3 is 53.6 Å². The zero-order valence-electron chi connectivity index (χ0n) is 19.1. The van der Waals surface area contributed by atoms with Gasteiger partial charge in [0.25, 0.3) is 0 Å². The first-order valence-corrected chi connectivity index (χ1v) is 10.4. The van der Waals surface area contributed by atoms with Crippen LogP contribution in [0.3, 0.4) is 0 Å². The maximum absolute atomic E-state index is 14.3. The lowest BCUT2D eigenvalue weighted by atomic mass is 9.83. The van der Waals surface area contributed by atoms with Gasteiger partial charge < -0.3 is 14.2 Å². The number of alkyl halides is 17. The van der Waals surface area contributed by atoms with Gasteiger partial charge in [0, 0.05) is 19.3 Å². The molecule has 0 aromatic heterocycles. The molecule has 0 saturated carbocycles. The van der Waals surface area contributed by atoms with Gasteiger partial charge in [-0.15, -0.1) is 0 Å². The Kier molecular flexibility index (Phi) is 8.57. The number of fused-ring (bicyclic) bond motifs is 1. The average Bonchev–Trinajstić information content (AvgIpc) is 3.17. The molecule has 2 rings (SSSR count). The highest BCUT2D eigenvalue weighted by Gasteiger charge is 2.95. The molecule has 1 saturated heterocycles. The molecule has 0 aliphatic carbocycles. The van der Waals surface area contributed by atoms with E-state index in [1.807, 2.05) is 0 Å². The molecule has 2 aliphatic rings. The van der Waals surface area contributed by atoms with Crippen molar-refractivity contribution < 1.29 is 93.6 Å². The van der Waals surface area contributed by atoms with Crippen LogP contribution in [-0.2, 0) is 19.0 Å². The van der Waals surface area contributed by atoms with Gasteiger partial charge in [-0.05, 0) is 5.92 Å². The van der Waals surface area contributed by atoms with Crippen LogP contribution in [0.1, 0.15) is 13.3 Å². The number of hydrogen-bond donors (Lipinski definition) is 0. The molecule has 1 fully saturated rings. The van der Waals surface area contributed by atoms with E-state index < -0.39 is 97.5 Å². The maximum Gasteiger partial charge on any atom is 0.460 e. The van der Waals surface area contributed by atoms with Crippen LogP contribution in [0.25, 0.3) is 0 Å². The van der Waals surface area contributed by atoms with E-state index in [1.165, 1.54) is 0 Å². The molecule has 2 heterocycles. The number of carbonyl (C=O) groups is 1. The van der Waals surface area contributed by atoms with Crippen LogP contribution in [0.15, 0.2) is 12.2 Å². The van der Waals surface area contributed by atoms with Gasteiger partial charge in [0.05, 0.1) is 6.61 Å². The zero-order valence-corrected chi connectivity index (χ0v) is 19.1. The van der Waals surface area contributed by atoms with Gasteiger partial charge in [-0.1, -0.05) is 12.2 Å². The normalized spacial score (nSPS) is 25.6. The Morgan fingerprint density at radius 2 is 1.18 bits per heavy atom. The van der Waals surface area contributed by atoms with Crippen molar-refractivity contribution in [1.82, 2.24) is 0 Å². The fourth-order valence-corrected chi connectivity index (χ4v) is 3.65. The van der Waals surface area contributed by atoms with Gasteiger partial charge in [-0.25, -0.2) is 0 Å². The highest BCUT2D eigenvalue weighted by atomic mass is 19.4. The highest BCUT2D eigenvalue weighted by molar-refractivity contribution is 5.65. The van der Waals surface area contributed by atoms with Crippen molar-refractivity contribution in [2.24, 2.45) is 11.8 Å². The largest absolute Gasteiger partial charge is 0.463 e. The molecule has 0 unspecified atom stereocenters. The van der Waals surface area contributed by atoms with E-state index in [2.05, 4.69) is 4.74 Å². The van der Waals surface area contributed by atoms with E-state index in [0.717, 1.165) is 19.1 Å². The molecule has 4 nitrogen and oxygen atoms in total. The van der Waals surface area contributed by atoms with Crippen molar-refractivity contribution in [3.8, 4) is 0 Å². The average molecular weight is 630 g/mol. The predicted octanol–water partition coefficient (Wildman–Crippen LogP) is 6.49. The van der Waals surface area contributed by atoms with Crippen molar-refractivity contribution >= 4 is 5.97 Å². The standard InChI is InChI=1S/C19H15F17O4/c1-7(37)38-6-9-2-3-10-8(5-39-11(10)40-9)4-12(20,21)13(22,23)14(24,25)15(26,27)16(28,29)17(30,31)18(32,33)19(34,35)36/h2-3,8-11H,4-6H2,1H3/t8-,9-,10-,11-/m0/s1. The minimum absolute atomic E-state index is 0.467. The summed E-state index contributed by atoms with van der Waals surface area (Å²) < 4.78 is 243. The summed E-state index contributed by atoms with van der Waals surface area (Å²) in [4.78, 5) is 10.8. The molecule has 0 bridgehead atoms. The minimum atomic E-state index is -8.67. The lowest BCUT2D eigenvalue weighted by molar-refractivity contribution is -0.462. The number of hydrogen-bond acceptors (Lipinski definition) is 4. The van der Waals surface area contributed by atoms with Gasteiger partial charge in [-0.3, -0.25) is 4.79 Å². The van der Waals surface area contributed by atoms with Crippen LogP contribution in [0.2, 0.25) is 0 Å². The lowest BCUT2D eigenvalue weighted by Gasteiger charge is -2.43. The number of ether oxygens (including phenoxy) is 3. The summed E-state index contributed by atoms with van der Waals surface area (Å²) in [5.41, 5.74) is 0. The van der Waals surface area contributed by atoms with Crippen molar-refractivity contribution in [3.63, 3.8) is 0 Å². The summed E-state index contributed by atoms with van der Waals surface area (Å²) in [6.45, 7) is -0.525. The Morgan fingerprint density at radius 1 is 0.725 bits per heavy atom. The fourth-order valence-electron chi connectivity index (χ4n) is 3.65. The van der Waals surface area contributed by atoms with E-state index >= 15 is 0 Å². The van der Waals surface area contributed by atoms with Crippen LogP contribution in [0.5, 0.6) is 0 Å². The van der Waals surface area contributed by atoms with Gasteiger partial charge in [0.2, 0.25) is 0 Å². The van der Waals surface area contributed by atoms with Crippen LogP contribution in [-0.4, -0.2) is 79.2 Å². The van der Waals surface area contributed by atoms with Crippen LogP contribution >= 0.6 is 0 Å². The molecular formula is C19H15F17O4. The van der Waals surface area contributed by atoms with E-state index in [0.29, 0.717) is 0 Å². The molecular weight excluding hydrogens is 615 g/mol.